The van der Waals surface area contributed by atoms with Gasteiger partial charge in [-0.15, -0.1) is 0 Å². The van der Waals surface area contributed by atoms with Gasteiger partial charge in [0.25, 0.3) is 0 Å². The maximum atomic E-state index is 4.65. The van der Waals surface area contributed by atoms with Crippen molar-refractivity contribution in [2.24, 2.45) is 5.92 Å². The third-order valence-corrected chi connectivity index (χ3v) is 4.08. The largest absolute Gasteiger partial charge is 0.361 e. The van der Waals surface area contributed by atoms with Gasteiger partial charge in [-0.3, -0.25) is 0 Å². The summed E-state index contributed by atoms with van der Waals surface area (Å²) >= 11 is 1.75. The standard InChI is InChI=1S/C15H22N2S/c1-11(2)7-4-5-10-16-15-17-14-12(3)8-6-9-13(14)18-15/h6,8-9,11H,4-5,7,10H2,1-3H3,(H,16,17). The van der Waals surface area contributed by atoms with Gasteiger partial charge in [0.2, 0.25) is 0 Å². The summed E-state index contributed by atoms with van der Waals surface area (Å²) in [5, 5.41) is 4.50. The Bertz CT molecular complexity index is 502. The number of hydrogen-bond donors (Lipinski definition) is 1. The van der Waals surface area contributed by atoms with Gasteiger partial charge in [-0.05, 0) is 30.9 Å². The molecule has 0 saturated heterocycles. The minimum Gasteiger partial charge on any atom is -0.361 e. The monoisotopic (exact) mass is 262 g/mol. The summed E-state index contributed by atoms with van der Waals surface area (Å²) in [5.74, 6) is 0.815. The minimum absolute atomic E-state index is 0.815. The van der Waals surface area contributed by atoms with E-state index in [1.54, 1.807) is 11.3 Å². The van der Waals surface area contributed by atoms with Crippen molar-refractivity contribution >= 4 is 26.7 Å². The Morgan fingerprint density at radius 3 is 2.83 bits per heavy atom. The molecule has 0 amide bonds. The fraction of sp³-hybridized carbons (Fsp3) is 0.533. The van der Waals surface area contributed by atoms with Crippen LogP contribution in [0.15, 0.2) is 18.2 Å². The molecular weight excluding hydrogens is 240 g/mol. The van der Waals surface area contributed by atoms with E-state index in [1.807, 2.05) is 0 Å². The van der Waals surface area contributed by atoms with Gasteiger partial charge in [0.1, 0.15) is 0 Å². The van der Waals surface area contributed by atoms with Crippen LogP contribution in [0.5, 0.6) is 0 Å². The highest BCUT2D eigenvalue weighted by atomic mass is 32.1. The molecule has 2 rings (SSSR count). The number of unbranched alkanes of at least 4 members (excludes halogenated alkanes) is 1. The van der Waals surface area contributed by atoms with Crippen LogP contribution in [0.25, 0.3) is 10.2 Å². The number of anilines is 1. The molecule has 0 fully saturated rings. The Morgan fingerprint density at radius 2 is 2.11 bits per heavy atom. The molecule has 3 heteroatoms. The van der Waals surface area contributed by atoms with E-state index in [-0.39, 0.29) is 0 Å². The molecule has 0 aliphatic rings. The summed E-state index contributed by atoms with van der Waals surface area (Å²) < 4.78 is 1.28. The lowest BCUT2D eigenvalue weighted by Gasteiger charge is -2.04. The highest BCUT2D eigenvalue weighted by Crippen LogP contribution is 2.27. The van der Waals surface area contributed by atoms with E-state index in [2.05, 4.69) is 49.3 Å². The Kier molecular flexibility index (Phi) is 4.59. The van der Waals surface area contributed by atoms with Gasteiger partial charge in [0, 0.05) is 6.54 Å². The van der Waals surface area contributed by atoms with Gasteiger partial charge in [-0.25, -0.2) is 4.98 Å². The molecule has 1 aromatic heterocycles. The van der Waals surface area contributed by atoms with Crippen LogP contribution in [-0.4, -0.2) is 11.5 Å². The third kappa shape index (κ3) is 3.45. The summed E-state index contributed by atoms with van der Waals surface area (Å²) in [4.78, 5) is 4.65. The van der Waals surface area contributed by atoms with Crippen LogP contribution in [0.2, 0.25) is 0 Å². The second-order valence-electron chi connectivity index (χ2n) is 5.26. The number of nitrogens with zero attached hydrogens (tertiary/aromatic N) is 1. The highest BCUT2D eigenvalue weighted by molar-refractivity contribution is 7.22. The van der Waals surface area contributed by atoms with Gasteiger partial charge >= 0.3 is 0 Å². The predicted molar refractivity (Wildman–Crippen MR) is 81.5 cm³/mol. The number of para-hydroxylation sites is 1. The van der Waals surface area contributed by atoms with E-state index in [4.69, 9.17) is 0 Å². The van der Waals surface area contributed by atoms with Crippen molar-refractivity contribution in [3.05, 3.63) is 23.8 Å². The molecule has 0 spiro atoms. The number of hydrogen-bond acceptors (Lipinski definition) is 3. The normalized spacial score (nSPS) is 11.3. The summed E-state index contributed by atoms with van der Waals surface area (Å²) in [7, 11) is 0. The quantitative estimate of drug-likeness (QED) is 0.753. The molecule has 0 radical (unpaired) electrons. The van der Waals surface area contributed by atoms with Gasteiger partial charge in [-0.2, -0.15) is 0 Å². The number of aryl methyl sites for hydroxylation is 1. The maximum absolute atomic E-state index is 4.65. The van der Waals surface area contributed by atoms with Crippen molar-refractivity contribution in [1.82, 2.24) is 4.98 Å². The average Bonchev–Trinajstić information content (AvgIpc) is 2.72. The Labute approximate surface area is 113 Å². The molecule has 0 aliphatic heterocycles. The molecule has 1 N–H and O–H groups in total. The molecule has 0 aliphatic carbocycles. The molecule has 0 bridgehead atoms. The van der Waals surface area contributed by atoms with Crippen LogP contribution in [0.1, 0.15) is 38.7 Å². The molecule has 1 heterocycles. The fourth-order valence-electron chi connectivity index (χ4n) is 2.03. The van der Waals surface area contributed by atoms with E-state index in [1.165, 1.54) is 29.5 Å². The van der Waals surface area contributed by atoms with Crippen molar-refractivity contribution in [3.8, 4) is 0 Å². The minimum atomic E-state index is 0.815. The van der Waals surface area contributed by atoms with Gasteiger partial charge in [0.15, 0.2) is 5.13 Å². The SMILES string of the molecule is Cc1cccc2sc(NCCCCC(C)C)nc12. The smallest absolute Gasteiger partial charge is 0.183 e. The van der Waals surface area contributed by atoms with Crippen LogP contribution >= 0.6 is 11.3 Å². The molecule has 2 aromatic rings. The fourth-order valence-corrected chi connectivity index (χ4v) is 3.00. The second-order valence-corrected chi connectivity index (χ2v) is 6.29. The summed E-state index contributed by atoms with van der Waals surface area (Å²) in [5.41, 5.74) is 2.41. The number of nitrogens with one attached hydrogen (secondary N) is 1. The first kappa shape index (κ1) is 13.3. The topological polar surface area (TPSA) is 24.9 Å². The van der Waals surface area contributed by atoms with Crippen LogP contribution < -0.4 is 5.32 Å². The number of fused-ring (bicyclic) bond motifs is 1. The van der Waals surface area contributed by atoms with E-state index in [0.717, 1.165) is 23.1 Å². The third-order valence-electron chi connectivity index (χ3n) is 3.11. The predicted octanol–water partition coefficient (Wildman–Crippen LogP) is 4.84. The van der Waals surface area contributed by atoms with Crippen molar-refractivity contribution in [2.75, 3.05) is 11.9 Å². The van der Waals surface area contributed by atoms with Crippen LogP contribution in [0.3, 0.4) is 0 Å². The lowest BCUT2D eigenvalue weighted by molar-refractivity contribution is 0.545. The molecule has 98 valence electrons. The Hall–Kier alpha value is -1.09. The first-order valence-corrected chi connectivity index (χ1v) is 7.58. The molecular formula is C15H22N2S. The van der Waals surface area contributed by atoms with E-state index in [0.29, 0.717) is 0 Å². The zero-order chi connectivity index (χ0) is 13.0. The van der Waals surface area contributed by atoms with Crippen LogP contribution in [0.4, 0.5) is 5.13 Å². The molecule has 0 saturated carbocycles. The molecule has 18 heavy (non-hydrogen) atoms. The summed E-state index contributed by atoms with van der Waals surface area (Å²) in [6.07, 6.45) is 3.85. The first-order chi connectivity index (χ1) is 8.66. The van der Waals surface area contributed by atoms with Crippen molar-refractivity contribution in [1.29, 1.82) is 0 Å². The van der Waals surface area contributed by atoms with Gasteiger partial charge < -0.3 is 5.32 Å². The zero-order valence-corrected chi connectivity index (χ0v) is 12.3. The molecule has 0 unspecified atom stereocenters. The average molecular weight is 262 g/mol. The number of rotatable bonds is 6. The van der Waals surface area contributed by atoms with Crippen LogP contribution in [-0.2, 0) is 0 Å². The lowest BCUT2D eigenvalue weighted by Crippen LogP contribution is -2.01. The number of benzene rings is 1. The maximum Gasteiger partial charge on any atom is 0.183 e. The number of aromatic nitrogens is 1. The molecule has 0 atom stereocenters. The Morgan fingerprint density at radius 1 is 1.28 bits per heavy atom. The Balaban J connectivity index is 1.87. The van der Waals surface area contributed by atoms with E-state index in [9.17, 15) is 0 Å². The van der Waals surface area contributed by atoms with Crippen molar-refractivity contribution in [2.45, 2.75) is 40.0 Å². The van der Waals surface area contributed by atoms with E-state index < -0.39 is 0 Å². The first-order valence-electron chi connectivity index (χ1n) is 6.77. The van der Waals surface area contributed by atoms with E-state index >= 15 is 0 Å². The van der Waals surface area contributed by atoms with Crippen LogP contribution in [0, 0.1) is 12.8 Å². The lowest BCUT2D eigenvalue weighted by atomic mass is 10.1. The van der Waals surface area contributed by atoms with Crippen molar-refractivity contribution in [3.63, 3.8) is 0 Å². The summed E-state index contributed by atoms with van der Waals surface area (Å²) in [6.45, 7) is 7.72. The highest BCUT2D eigenvalue weighted by Gasteiger charge is 2.04. The molecule has 2 nitrogen and oxygen atoms in total. The molecule has 1 aromatic carbocycles. The zero-order valence-electron chi connectivity index (χ0n) is 11.5. The summed E-state index contributed by atoms with van der Waals surface area (Å²) in [6, 6.07) is 6.36. The van der Waals surface area contributed by atoms with Gasteiger partial charge in [-0.1, -0.05) is 50.2 Å². The van der Waals surface area contributed by atoms with Gasteiger partial charge in [0.05, 0.1) is 10.2 Å². The second kappa shape index (κ2) is 6.19. The number of thiazole rings is 1. The van der Waals surface area contributed by atoms with Crippen molar-refractivity contribution < 1.29 is 0 Å².